The summed E-state index contributed by atoms with van der Waals surface area (Å²) < 4.78 is 32.5. The topological polar surface area (TPSA) is 26.3 Å². The largest absolute Gasteiger partial charge is 0.465 e. The van der Waals surface area contributed by atoms with E-state index < -0.39 is 11.6 Å². The van der Waals surface area contributed by atoms with Crippen molar-refractivity contribution in [2.75, 3.05) is 12.9 Å². The number of ether oxygens (including phenoxy) is 1. The molecule has 0 saturated carbocycles. The van der Waals surface area contributed by atoms with Crippen molar-refractivity contribution in [2.45, 2.75) is 38.0 Å². The molecule has 0 heterocycles. The van der Waals surface area contributed by atoms with Crippen LogP contribution in [0.3, 0.4) is 0 Å². The Balaban J connectivity index is 1.65. The Morgan fingerprint density at radius 3 is 2.21 bits per heavy atom. The summed E-state index contributed by atoms with van der Waals surface area (Å²) in [5.41, 5.74) is 5.45. The fraction of sp³-hybridized carbons (Fsp3) is 0.250. The monoisotopic (exact) mass is 466 g/mol. The normalized spacial score (nSPS) is 11.5. The fourth-order valence-electron chi connectivity index (χ4n) is 3.51. The number of hydrogen-bond acceptors (Lipinski definition) is 3. The Bertz CT molecular complexity index is 1120. The first-order valence-corrected chi connectivity index (χ1v) is 11.9. The molecule has 172 valence electrons. The smallest absolute Gasteiger partial charge is 0.337 e. The quantitative estimate of drug-likeness (QED) is 0.139. The second kappa shape index (κ2) is 11.8. The van der Waals surface area contributed by atoms with Crippen LogP contribution in [0.25, 0.3) is 11.6 Å². The van der Waals surface area contributed by atoms with E-state index >= 15 is 0 Å². The van der Waals surface area contributed by atoms with Gasteiger partial charge >= 0.3 is 5.97 Å². The summed E-state index contributed by atoms with van der Waals surface area (Å²) in [5.74, 6) is -0.571. The molecule has 0 bridgehead atoms. The molecule has 0 atom stereocenters. The molecule has 0 spiro atoms. The van der Waals surface area contributed by atoms with Crippen molar-refractivity contribution in [1.29, 1.82) is 0 Å². The minimum Gasteiger partial charge on any atom is -0.465 e. The van der Waals surface area contributed by atoms with Crippen molar-refractivity contribution in [3.8, 4) is 0 Å². The third-order valence-corrected chi connectivity index (χ3v) is 6.59. The maximum Gasteiger partial charge on any atom is 0.337 e. The van der Waals surface area contributed by atoms with E-state index in [0.717, 1.165) is 47.1 Å². The predicted octanol–water partition coefficient (Wildman–Crippen LogP) is 7.87. The van der Waals surface area contributed by atoms with E-state index in [9.17, 15) is 13.6 Å². The van der Waals surface area contributed by atoms with Gasteiger partial charge in [0.1, 0.15) is 11.6 Å². The standard InChI is InChI=1S/C28H28F2O2S/c1-19-7-8-21(14-20(19)2)15-23(24-16-25(29)18-26(30)17-24)6-4-5-13-33-27-11-9-22(10-12-27)28(31)32-3/h7-12,14-18H,4-6,13H2,1-3H3/b23-15+. The molecule has 0 saturated heterocycles. The van der Waals surface area contributed by atoms with Crippen molar-refractivity contribution in [2.24, 2.45) is 0 Å². The summed E-state index contributed by atoms with van der Waals surface area (Å²) in [7, 11) is 1.37. The van der Waals surface area contributed by atoms with E-state index in [-0.39, 0.29) is 5.97 Å². The molecule has 2 nitrogen and oxygen atoms in total. The van der Waals surface area contributed by atoms with Crippen molar-refractivity contribution >= 4 is 29.4 Å². The van der Waals surface area contributed by atoms with E-state index in [0.29, 0.717) is 11.1 Å². The average molecular weight is 467 g/mol. The molecule has 0 radical (unpaired) electrons. The molecule has 0 aliphatic rings. The molecule has 0 aromatic heterocycles. The average Bonchev–Trinajstić information content (AvgIpc) is 2.79. The van der Waals surface area contributed by atoms with Crippen molar-refractivity contribution in [3.63, 3.8) is 0 Å². The van der Waals surface area contributed by atoms with Crippen LogP contribution in [0, 0.1) is 25.5 Å². The molecule has 5 heteroatoms. The molecule has 0 amide bonds. The maximum atomic E-state index is 13.9. The summed E-state index contributed by atoms with van der Waals surface area (Å²) in [6, 6.07) is 17.2. The van der Waals surface area contributed by atoms with Gasteiger partial charge in [0.25, 0.3) is 0 Å². The predicted molar refractivity (Wildman–Crippen MR) is 133 cm³/mol. The Kier molecular flexibility index (Phi) is 8.84. The molecule has 33 heavy (non-hydrogen) atoms. The zero-order chi connectivity index (χ0) is 23.8. The van der Waals surface area contributed by atoms with Crippen LogP contribution in [-0.4, -0.2) is 18.8 Å². The number of carbonyl (C=O) groups is 1. The lowest BCUT2D eigenvalue weighted by Gasteiger charge is -2.11. The second-order valence-electron chi connectivity index (χ2n) is 7.99. The van der Waals surface area contributed by atoms with Gasteiger partial charge in [0.05, 0.1) is 12.7 Å². The SMILES string of the molecule is COC(=O)c1ccc(SCCCC/C(=C\c2ccc(C)c(C)c2)c2cc(F)cc(F)c2)cc1. The van der Waals surface area contributed by atoms with Gasteiger partial charge in [-0.05, 0) is 103 Å². The highest BCUT2D eigenvalue weighted by molar-refractivity contribution is 7.99. The molecule has 0 aliphatic heterocycles. The molecule has 0 unspecified atom stereocenters. The molecule has 3 rings (SSSR count). The van der Waals surface area contributed by atoms with Crippen molar-refractivity contribution in [1.82, 2.24) is 0 Å². The lowest BCUT2D eigenvalue weighted by Crippen LogP contribution is -2.00. The summed E-state index contributed by atoms with van der Waals surface area (Å²) >= 11 is 1.72. The fourth-order valence-corrected chi connectivity index (χ4v) is 4.42. The van der Waals surface area contributed by atoms with Gasteiger partial charge < -0.3 is 4.74 Å². The van der Waals surface area contributed by atoms with E-state index in [4.69, 9.17) is 4.74 Å². The molecule has 0 N–H and O–H groups in total. The zero-order valence-corrected chi connectivity index (χ0v) is 20.0. The van der Waals surface area contributed by atoms with Gasteiger partial charge in [-0.3, -0.25) is 0 Å². The number of allylic oxidation sites excluding steroid dienone is 1. The number of aryl methyl sites for hydroxylation is 2. The number of thioether (sulfide) groups is 1. The minimum absolute atomic E-state index is 0.344. The van der Waals surface area contributed by atoms with Crippen LogP contribution in [0.1, 0.15) is 51.9 Å². The summed E-state index contributed by atoms with van der Waals surface area (Å²) in [4.78, 5) is 12.6. The first-order valence-electron chi connectivity index (χ1n) is 10.9. The van der Waals surface area contributed by atoms with E-state index in [1.165, 1.54) is 30.4 Å². The number of unbranched alkanes of at least 4 members (excludes halogenated alkanes) is 1. The number of hydrogen-bond donors (Lipinski definition) is 0. The summed E-state index contributed by atoms with van der Waals surface area (Å²) in [6.07, 6.45) is 4.59. The van der Waals surface area contributed by atoms with Crippen LogP contribution in [0.5, 0.6) is 0 Å². The van der Waals surface area contributed by atoms with Crippen molar-refractivity contribution in [3.05, 3.63) is 100 Å². The molecular formula is C28H28F2O2S. The van der Waals surface area contributed by atoms with Gasteiger partial charge in [0, 0.05) is 11.0 Å². The third-order valence-electron chi connectivity index (χ3n) is 5.49. The molecule has 3 aromatic carbocycles. The minimum atomic E-state index is -0.568. The molecular weight excluding hydrogens is 438 g/mol. The highest BCUT2D eigenvalue weighted by atomic mass is 32.2. The van der Waals surface area contributed by atoms with Gasteiger partial charge in [-0.1, -0.05) is 24.3 Å². The van der Waals surface area contributed by atoms with Gasteiger partial charge in [-0.2, -0.15) is 0 Å². The first kappa shape index (κ1) is 24.7. The van der Waals surface area contributed by atoms with Gasteiger partial charge in [0.15, 0.2) is 0 Å². The van der Waals surface area contributed by atoms with Gasteiger partial charge in [0.2, 0.25) is 0 Å². The lowest BCUT2D eigenvalue weighted by atomic mass is 9.96. The van der Waals surface area contributed by atoms with E-state index in [1.807, 2.05) is 24.3 Å². The highest BCUT2D eigenvalue weighted by Gasteiger charge is 2.08. The number of esters is 1. The molecule has 0 aliphatic carbocycles. The Hall–Kier alpha value is -2.92. The number of halogens is 2. The van der Waals surface area contributed by atoms with Crippen LogP contribution in [0.2, 0.25) is 0 Å². The summed E-state index contributed by atoms with van der Waals surface area (Å²) in [6.45, 7) is 4.12. The Morgan fingerprint density at radius 2 is 1.58 bits per heavy atom. The third kappa shape index (κ3) is 7.29. The maximum absolute atomic E-state index is 13.9. The molecule has 0 fully saturated rings. The Labute approximate surface area is 198 Å². The number of benzene rings is 3. The highest BCUT2D eigenvalue weighted by Crippen LogP contribution is 2.27. The Morgan fingerprint density at radius 1 is 0.879 bits per heavy atom. The zero-order valence-electron chi connectivity index (χ0n) is 19.2. The number of methoxy groups -OCH3 is 1. The van der Waals surface area contributed by atoms with Crippen molar-refractivity contribution < 1.29 is 18.3 Å². The van der Waals surface area contributed by atoms with Crippen LogP contribution in [0.4, 0.5) is 8.78 Å². The van der Waals surface area contributed by atoms with Crippen LogP contribution >= 0.6 is 11.8 Å². The van der Waals surface area contributed by atoms with Crippen LogP contribution in [0.15, 0.2) is 65.6 Å². The van der Waals surface area contributed by atoms with Crippen LogP contribution in [-0.2, 0) is 4.74 Å². The van der Waals surface area contributed by atoms with E-state index in [1.54, 1.807) is 23.9 Å². The number of carbonyl (C=O) groups excluding carboxylic acids is 1. The second-order valence-corrected chi connectivity index (χ2v) is 9.16. The number of rotatable bonds is 9. The van der Waals surface area contributed by atoms with Gasteiger partial charge in [-0.15, -0.1) is 11.8 Å². The van der Waals surface area contributed by atoms with E-state index in [2.05, 4.69) is 26.0 Å². The molecule has 3 aromatic rings. The van der Waals surface area contributed by atoms with Gasteiger partial charge in [-0.25, -0.2) is 13.6 Å². The first-order chi connectivity index (χ1) is 15.9. The lowest BCUT2D eigenvalue weighted by molar-refractivity contribution is 0.0600. The summed E-state index contributed by atoms with van der Waals surface area (Å²) in [5, 5.41) is 0. The van der Waals surface area contributed by atoms with Crippen LogP contribution < -0.4 is 0 Å².